The van der Waals surface area contributed by atoms with Gasteiger partial charge in [-0.1, -0.05) is 6.07 Å². The number of likely N-dealkylation sites (tertiary alicyclic amines) is 1. The lowest BCUT2D eigenvalue weighted by Gasteiger charge is -2.27. The number of esters is 1. The van der Waals surface area contributed by atoms with Gasteiger partial charge in [-0.25, -0.2) is 9.59 Å². The van der Waals surface area contributed by atoms with Crippen molar-refractivity contribution in [3.05, 3.63) is 46.6 Å². The van der Waals surface area contributed by atoms with E-state index in [4.69, 9.17) is 15.2 Å². The molecular formula is C23H26N4O5S. The van der Waals surface area contributed by atoms with Crippen LogP contribution in [0.1, 0.15) is 35.3 Å². The van der Waals surface area contributed by atoms with Gasteiger partial charge in [-0.05, 0) is 49.0 Å². The minimum absolute atomic E-state index is 0.282. The van der Waals surface area contributed by atoms with Gasteiger partial charge in [-0.3, -0.25) is 14.7 Å². The van der Waals surface area contributed by atoms with Crippen LogP contribution in [-0.4, -0.2) is 53.7 Å². The molecule has 9 nitrogen and oxygen atoms in total. The Morgan fingerprint density at radius 3 is 2.94 bits per heavy atom. The molecule has 4 rings (SSSR count). The van der Waals surface area contributed by atoms with Crippen LogP contribution in [0.2, 0.25) is 0 Å². The van der Waals surface area contributed by atoms with Crippen LogP contribution < -0.4 is 11.1 Å². The number of carbonyl (C=O) groups is 3. The third-order valence-corrected chi connectivity index (χ3v) is 7.02. The van der Waals surface area contributed by atoms with Gasteiger partial charge in [0.1, 0.15) is 17.1 Å². The van der Waals surface area contributed by atoms with E-state index in [0.29, 0.717) is 42.9 Å². The summed E-state index contributed by atoms with van der Waals surface area (Å²) in [6.07, 6.45) is 8.77. The van der Waals surface area contributed by atoms with Gasteiger partial charge in [0.2, 0.25) is 5.91 Å². The van der Waals surface area contributed by atoms with Crippen LogP contribution in [0.5, 0.6) is 0 Å². The van der Waals surface area contributed by atoms with Crippen molar-refractivity contribution in [2.45, 2.75) is 44.2 Å². The summed E-state index contributed by atoms with van der Waals surface area (Å²) in [5.41, 5.74) is 8.67. The van der Waals surface area contributed by atoms with E-state index in [0.717, 1.165) is 22.4 Å². The summed E-state index contributed by atoms with van der Waals surface area (Å²) in [6, 6.07) is 3.07. The van der Waals surface area contributed by atoms with Crippen molar-refractivity contribution >= 4 is 46.1 Å². The Morgan fingerprint density at radius 2 is 2.18 bits per heavy atom. The lowest BCUT2D eigenvalue weighted by atomic mass is 9.95. The number of nitrogens with one attached hydrogen (secondary N) is 1. The average molecular weight is 471 g/mol. The molecule has 1 aliphatic heterocycles. The van der Waals surface area contributed by atoms with Crippen LogP contribution in [0.3, 0.4) is 0 Å². The fourth-order valence-electron chi connectivity index (χ4n) is 4.15. The number of hydrogen-bond acceptors (Lipinski definition) is 8. The number of methoxy groups -OCH3 is 1. The molecule has 1 fully saturated rings. The molecule has 0 saturated carbocycles. The Bertz CT molecular complexity index is 1070. The van der Waals surface area contributed by atoms with Gasteiger partial charge in [-0.15, -0.1) is 11.3 Å². The molecule has 0 aromatic carbocycles. The number of nitrogens with zero attached hydrogens (tertiary/aromatic N) is 2. The number of fused-ring (bicyclic) bond motifs is 1. The summed E-state index contributed by atoms with van der Waals surface area (Å²) in [6.45, 7) is 0.477. The fourth-order valence-corrected chi connectivity index (χ4v) is 5.39. The summed E-state index contributed by atoms with van der Waals surface area (Å²) in [4.78, 5) is 43.4. The first kappa shape index (κ1) is 22.8. The molecule has 1 saturated heterocycles. The van der Waals surface area contributed by atoms with E-state index in [1.807, 2.05) is 6.07 Å². The van der Waals surface area contributed by atoms with Gasteiger partial charge in [-0.2, -0.15) is 0 Å². The first-order chi connectivity index (χ1) is 16.0. The van der Waals surface area contributed by atoms with E-state index in [2.05, 4.69) is 10.3 Å². The Morgan fingerprint density at radius 1 is 1.33 bits per heavy atom. The molecule has 2 aliphatic rings. The third kappa shape index (κ3) is 5.16. The molecule has 174 valence electrons. The van der Waals surface area contributed by atoms with Crippen LogP contribution in [-0.2, 0) is 31.9 Å². The highest BCUT2D eigenvalue weighted by atomic mass is 32.1. The summed E-state index contributed by atoms with van der Waals surface area (Å²) in [7, 11) is 1.32. The highest BCUT2D eigenvalue weighted by Crippen LogP contribution is 2.41. The predicted octanol–water partition coefficient (Wildman–Crippen LogP) is 3.01. The minimum atomic E-state index is -0.583. The lowest BCUT2D eigenvalue weighted by Crippen LogP contribution is -2.43. The van der Waals surface area contributed by atoms with E-state index in [1.54, 1.807) is 24.5 Å². The predicted molar refractivity (Wildman–Crippen MR) is 125 cm³/mol. The molecule has 33 heavy (non-hydrogen) atoms. The third-order valence-electron chi connectivity index (χ3n) is 5.84. The monoisotopic (exact) mass is 470 g/mol. The van der Waals surface area contributed by atoms with E-state index in [-0.39, 0.29) is 12.0 Å². The number of hydrogen-bond donors (Lipinski definition) is 2. The Kier molecular flexibility index (Phi) is 6.93. The lowest BCUT2D eigenvalue weighted by molar-refractivity contribution is -0.145. The summed E-state index contributed by atoms with van der Waals surface area (Å²) in [5.74, 6) is -0.700. The van der Waals surface area contributed by atoms with E-state index in [1.165, 1.54) is 29.4 Å². The first-order valence-electron chi connectivity index (χ1n) is 10.8. The largest absolute Gasteiger partial charge is 0.467 e. The number of amides is 2. The molecule has 0 spiro atoms. The molecule has 2 amide bonds. The smallest absolute Gasteiger partial charge is 0.410 e. The zero-order valence-electron chi connectivity index (χ0n) is 18.3. The summed E-state index contributed by atoms with van der Waals surface area (Å²) in [5, 5.41) is 3.44. The van der Waals surface area contributed by atoms with Gasteiger partial charge in [0.25, 0.3) is 0 Å². The number of aromatic nitrogens is 1. The molecule has 3 N–H and O–H groups in total. The van der Waals surface area contributed by atoms with Crippen LogP contribution in [0.15, 0.2) is 30.6 Å². The van der Waals surface area contributed by atoms with Crippen LogP contribution in [0.4, 0.5) is 15.5 Å². The number of pyridine rings is 1. The second kappa shape index (κ2) is 10.0. The van der Waals surface area contributed by atoms with Crippen LogP contribution >= 0.6 is 11.3 Å². The molecule has 1 aliphatic carbocycles. The highest BCUT2D eigenvalue weighted by molar-refractivity contribution is 7.17. The minimum Gasteiger partial charge on any atom is -0.467 e. The quantitative estimate of drug-likeness (QED) is 0.508. The van der Waals surface area contributed by atoms with Crippen molar-refractivity contribution < 1.29 is 23.9 Å². The van der Waals surface area contributed by atoms with Crippen LogP contribution in [0, 0.1) is 0 Å². The number of nitrogens with two attached hydrogens (primary N) is 1. The molecular weight excluding hydrogens is 444 g/mol. The Labute approximate surface area is 195 Å². The maximum absolute atomic E-state index is 12.7. The molecule has 2 aromatic heterocycles. The van der Waals surface area contributed by atoms with Crippen molar-refractivity contribution in [2.75, 3.05) is 24.7 Å². The maximum atomic E-state index is 12.7. The van der Waals surface area contributed by atoms with Crippen molar-refractivity contribution in [2.24, 2.45) is 0 Å². The first-order valence-corrected chi connectivity index (χ1v) is 11.6. The fraction of sp³-hybridized carbons (Fsp3) is 0.391. The summed E-state index contributed by atoms with van der Waals surface area (Å²) < 4.78 is 10.5. The number of thiophene rings is 1. The van der Waals surface area contributed by atoms with E-state index < -0.39 is 18.1 Å². The van der Waals surface area contributed by atoms with Crippen molar-refractivity contribution in [3.63, 3.8) is 0 Å². The second-order valence-corrected chi connectivity index (χ2v) is 9.08. The van der Waals surface area contributed by atoms with Gasteiger partial charge in [0.15, 0.2) is 0 Å². The topological polar surface area (TPSA) is 124 Å². The van der Waals surface area contributed by atoms with Crippen molar-refractivity contribution in [3.8, 4) is 0 Å². The highest BCUT2D eigenvalue weighted by Gasteiger charge is 2.37. The molecule has 2 unspecified atom stereocenters. The van der Waals surface area contributed by atoms with Gasteiger partial charge >= 0.3 is 12.1 Å². The van der Waals surface area contributed by atoms with E-state index in [9.17, 15) is 14.4 Å². The van der Waals surface area contributed by atoms with Gasteiger partial charge in [0.05, 0.1) is 12.8 Å². The normalized spacial score (nSPS) is 19.8. The Balaban J connectivity index is 1.37. The van der Waals surface area contributed by atoms with Gasteiger partial charge in [0, 0.05) is 36.3 Å². The van der Waals surface area contributed by atoms with Crippen molar-refractivity contribution in [1.29, 1.82) is 0 Å². The molecule has 2 atom stereocenters. The van der Waals surface area contributed by atoms with Crippen molar-refractivity contribution in [1.82, 2.24) is 9.88 Å². The molecule has 0 bridgehead atoms. The summed E-state index contributed by atoms with van der Waals surface area (Å²) >= 11 is 1.40. The van der Waals surface area contributed by atoms with E-state index >= 15 is 0 Å². The average Bonchev–Trinajstić information content (AvgIpc) is 3.43. The maximum Gasteiger partial charge on any atom is 0.410 e. The zero-order chi connectivity index (χ0) is 23.4. The number of rotatable bonds is 5. The molecule has 2 aromatic rings. The molecule has 10 heteroatoms. The Hall–Kier alpha value is -3.40. The number of ether oxygens (including phenoxy) is 2. The second-order valence-electron chi connectivity index (χ2n) is 7.98. The van der Waals surface area contributed by atoms with Crippen LogP contribution in [0.25, 0.3) is 6.08 Å². The molecule has 3 heterocycles. The number of nitrogen functional groups attached to an aromatic ring is 1. The standard InChI is InChI=1S/C23H26N4O5S/c1-31-22(29)17-5-3-11-27(17)23(30)32-15-7-8-16-18(12-15)33-21(20(16)24)26-19(28)9-6-14-4-2-10-25-13-14/h2,4,6,9-10,13,15,17H,3,5,7-8,11-12,24H2,1H3,(H,26,28)/b9-6+. The van der Waals surface area contributed by atoms with Gasteiger partial charge < -0.3 is 20.5 Å². The zero-order valence-corrected chi connectivity index (χ0v) is 19.1. The SMILES string of the molecule is COC(=O)C1CCCN1C(=O)OC1CCc2c(sc(NC(=O)/C=C/c3cccnc3)c2N)C1. The molecule has 0 radical (unpaired) electrons. The number of anilines is 2. The number of carbonyl (C=O) groups excluding carboxylic acids is 3.